The van der Waals surface area contributed by atoms with E-state index in [9.17, 15) is 26.4 Å². The van der Waals surface area contributed by atoms with E-state index in [2.05, 4.69) is 4.74 Å². The van der Waals surface area contributed by atoms with Gasteiger partial charge in [-0.15, -0.1) is 0 Å². The summed E-state index contributed by atoms with van der Waals surface area (Å²) in [5.74, 6) is -0.917. The molecule has 0 aromatic carbocycles. The van der Waals surface area contributed by atoms with Crippen LogP contribution in [-0.4, -0.2) is 37.0 Å². The molecule has 1 atom stereocenters. The van der Waals surface area contributed by atoms with Gasteiger partial charge in [-0.25, -0.2) is 0 Å². The van der Waals surface area contributed by atoms with Gasteiger partial charge in [-0.1, -0.05) is 19.3 Å². The number of ether oxygens (including phenoxy) is 1. The predicted octanol–water partition coefficient (Wildman–Crippen LogP) is 2.32. The molecule has 5 nitrogen and oxygen atoms in total. The predicted molar refractivity (Wildman–Crippen MR) is 63.5 cm³/mol. The minimum Gasteiger partial charge on any atom is -0.465 e. The van der Waals surface area contributed by atoms with Gasteiger partial charge in [-0.2, -0.15) is 21.6 Å². The van der Waals surface area contributed by atoms with Crippen LogP contribution in [0.3, 0.4) is 0 Å². The third kappa shape index (κ3) is 5.28. The Kier molecular flexibility index (Phi) is 5.81. The highest BCUT2D eigenvalue weighted by Crippen LogP contribution is 2.28. The molecule has 1 unspecified atom stereocenters. The molecule has 0 radical (unpaired) electrons. The summed E-state index contributed by atoms with van der Waals surface area (Å²) in [6.45, 7) is -0.681. The van der Waals surface area contributed by atoms with Crippen molar-refractivity contribution in [3.05, 3.63) is 0 Å². The van der Waals surface area contributed by atoms with E-state index in [-0.39, 0.29) is 5.92 Å². The van der Waals surface area contributed by atoms with Crippen molar-refractivity contribution in [3.8, 4) is 0 Å². The van der Waals surface area contributed by atoms with E-state index < -0.39 is 40.5 Å². The Bertz CT molecular complexity index is 426. The first-order valence-corrected chi connectivity index (χ1v) is 7.82. The first kappa shape index (κ1) is 17.2. The average Bonchev–Trinajstić information content (AvgIpc) is 2.32. The number of alkyl halides is 3. The summed E-state index contributed by atoms with van der Waals surface area (Å²) in [7, 11) is -5.26. The van der Waals surface area contributed by atoms with Gasteiger partial charge < -0.3 is 4.74 Å². The topological polar surface area (TPSA) is 80.7 Å². The molecule has 1 fully saturated rings. The van der Waals surface area contributed by atoms with Crippen LogP contribution >= 0.6 is 0 Å². The Morgan fingerprint density at radius 2 is 1.80 bits per heavy atom. The molecule has 9 heteroatoms. The van der Waals surface area contributed by atoms with Crippen molar-refractivity contribution in [1.29, 1.82) is 0 Å². The molecule has 1 saturated carbocycles. The van der Waals surface area contributed by atoms with Crippen LogP contribution in [0.5, 0.6) is 0 Å². The SMILES string of the molecule is O=C(OCCC(C(F)(F)F)S(=O)(=O)O)C1CCCCC1. The fourth-order valence-corrected chi connectivity index (χ4v) is 2.94. The summed E-state index contributed by atoms with van der Waals surface area (Å²) in [4.78, 5) is 11.6. The molecule has 118 valence electrons. The zero-order valence-corrected chi connectivity index (χ0v) is 11.5. The van der Waals surface area contributed by atoms with Gasteiger partial charge in [0.15, 0.2) is 5.25 Å². The lowest BCUT2D eigenvalue weighted by molar-refractivity contribution is -0.154. The maximum absolute atomic E-state index is 12.4. The van der Waals surface area contributed by atoms with Crippen LogP contribution < -0.4 is 0 Å². The normalized spacial score (nSPS) is 19.6. The van der Waals surface area contributed by atoms with Crippen LogP contribution in [0.15, 0.2) is 0 Å². The van der Waals surface area contributed by atoms with E-state index in [4.69, 9.17) is 4.55 Å². The molecular formula is C11H17F3O5S. The van der Waals surface area contributed by atoms with E-state index in [1.807, 2.05) is 0 Å². The maximum atomic E-state index is 12.4. The minimum absolute atomic E-state index is 0.321. The fourth-order valence-electron chi connectivity index (χ4n) is 2.20. The van der Waals surface area contributed by atoms with Crippen LogP contribution in [0.4, 0.5) is 13.2 Å². The number of rotatable bonds is 5. The van der Waals surface area contributed by atoms with Crippen molar-refractivity contribution in [1.82, 2.24) is 0 Å². The molecule has 0 bridgehead atoms. The Hall–Kier alpha value is -0.830. The quantitative estimate of drug-likeness (QED) is 0.621. The summed E-state index contributed by atoms with van der Waals surface area (Å²) < 4.78 is 71.8. The number of hydrogen-bond donors (Lipinski definition) is 1. The number of halogens is 3. The first-order valence-electron chi connectivity index (χ1n) is 6.32. The number of esters is 1. The average molecular weight is 318 g/mol. The van der Waals surface area contributed by atoms with Gasteiger partial charge in [0.1, 0.15) is 0 Å². The summed E-state index contributed by atoms with van der Waals surface area (Å²) in [6, 6.07) is 0. The third-order valence-electron chi connectivity index (χ3n) is 3.29. The summed E-state index contributed by atoms with van der Waals surface area (Å²) >= 11 is 0. The smallest absolute Gasteiger partial charge is 0.407 e. The number of carbonyl (C=O) groups is 1. The molecule has 20 heavy (non-hydrogen) atoms. The maximum Gasteiger partial charge on any atom is 0.407 e. The van der Waals surface area contributed by atoms with Crippen molar-refractivity contribution >= 4 is 16.1 Å². The molecule has 0 aromatic heterocycles. The fraction of sp³-hybridized carbons (Fsp3) is 0.909. The molecule has 0 aromatic rings. The number of carbonyl (C=O) groups excluding carboxylic acids is 1. The lowest BCUT2D eigenvalue weighted by Gasteiger charge is -2.21. The van der Waals surface area contributed by atoms with Crippen molar-refractivity contribution < 1.29 is 35.7 Å². The van der Waals surface area contributed by atoms with Crippen LogP contribution in [0.1, 0.15) is 38.5 Å². The molecular weight excluding hydrogens is 301 g/mol. The largest absolute Gasteiger partial charge is 0.465 e. The third-order valence-corrected chi connectivity index (χ3v) is 4.51. The molecule has 0 heterocycles. The summed E-state index contributed by atoms with van der Waals surface area (Å²) in [5, 5.41) is -2.92. The Morgan fingerprint density at radius 1 is 1.25 bits per heavy atom. The molecule has 1 N–H and O–H groups in total. The molecule has 0 amide bonds. The standard InChI is InChI=1S/C11H17F3O5S/c12-11(13,14)9(20(16,17)18)6-7-19-10(15)8-4-2-1-3-5-8/h8-9H,1-7H2,(H,16,17,18). The van der Waals surface area contributed by atoms with Crippen molar-refractivity contribution in [3.63, 3.8) is 0 Å². The van der Waals surface area contributed by atoms with E-state index in [1.165, 1.54) is 0 Å². The monoisotopic (exact) mass is 318 g/mol. The molecule has 1 rings (SSSR count). The van der Waals surface area contributed by atoms with E-state index in [1.54, 1.807) is 0 Å². The highest BCUT2D eigenvalue weighted by molar-refractivity contribution is 7.86. The molecule has 1 aliphatic carbocycles. The molecule has 0 aliphatic heterocycles. The lowest BCUT2D eigenvalue weighted by Crippen LogP contribution is -2.37. The van der Waals surface area contributed by atoms with Crippen molar-refractivity contribution in [2.45, 2.75) is 50.0 Å². The summed E-state index contributed by atoms with van der Waals surface area (Å²) in [5.41, 5.74) is 0. The molecule has 1 aliphatic rings. The second-order valence-corrected chi connectivity index (χ2v) is 6.44. The van der Waals surface area contributed by atoms with Gasteiger partial charge in [-0.05, 0) is 12.8 Å². The van der Waals surface area contributed by atoms with Gasteiger partial charge >= 0.3 is 12.1 Å². The van der Waals surface area contributed by atoms with Crippen LogP contribution in [0, 0.1) is 5.92 Å². The van der Waals surface area contributed by atoms with Crippen molar-refractivity contribution in [2.24, 2.45) is 5.92 Å². The highest BCUT2D eigenvalue weighted by Gasteiger charge is 2.48. The Balaban J connectivity index is 2.46. The zero-order valence-electron chi connectivity index (χ0n) is 10.7. The highest BCUT2D eigenvalue weighted by atomic mass is 32.2. The van der Waals surface area contributed by atoms with Gasteiger partial charge in [0.2, 0.25) is 0 Å². The van der Waals surface area contributed by atoms with Gasteiger partial charge in [0, 0.05) is 6.42 Å². The first-order chi connectivity index (χ1) is 9.12. The van der Waals surface area contributed by atoms with Crippen LogP contribution in [0.25, 0.3) is 0 Å². The zero-order chi connectivity index (χ0) is 15.4. The summed E-state index contributed by atoms with van der Waals surface area (Å²) in [6.07, 6.45) is -2.06. The Labute approximate surface area is 115 Å². The van der Waals surface area contributed by atoms with E-state index in [0.29, 0.717) is 12.8 Å². The van der Waals surface area contributed by atoms with Gasteiger partial charge in [-0.3, -0.25) is 9.35 Å². The van der Waals surface area contributed by atoms with E-state index >= 15 is 0 Å². The number of hydrogen-bond acceptors (Lipinski definition) is 4. The van der Waals surface area contributed by atoms with Crippen molar-refractivity contribution in [2.75, 3.05) is 6.61 Å². The molecule has 0 saturated heterocycles. The van der Waals surface area contributed by atoms with Gasteiger partial charge in [0.05, 0.1) is 12.5 Å². The lowest BCUT2D eigenvalue weighted by atomic mass is 9.89. The molecule has 0 spiro atoms. The van der Waals surface area contributed by atoms with Gasteiger partial charge in [0.25, 0.3) is 10.1 Å². The Morgan fingerprint density at radius 3 is 2.25 bits per heavy atom. The van der Waals surface area contributed by atoms with Crippen LogP contribution in [-0.2, 0) is 19.6 Å². The second-order valence-electron chi connectivity index (χ2n) is 4.84. The van der Waals surface area contributed by atoms with Crippen LogP contribution in [0.2, 0.25) is 0 Å². The second kappa shape index (κ2) is 6.75. The van der Waals surface area contributed by atoms with E-state index in [0.717, 1.165) is 19.3 Å². The minimum atomic E-state index is -5.26.